The SMILES string of the molecule is Cc1csc(SCCCF)n1. The lowest BCUT2D eigenvalue weighted by Gasteiger charge is -1.91. The Kier molecular flexibility index (Phi) is 3.86. The van der Waals surface area contributed by atoms with Crippen LogP contribution in [0.25, 0.3) is 0 Å². The molecule has 1 nitrogen and oxygen atoms in total. The van der Waals surface area contributed by atoms with Crippen LogP contribution in [0.4, 0.5) is 4.39 Å². The molecule has 0 fully saturated rings. The molecular weight excluding hydrogens is 181 g/mol. The molecule has 0 bridgehead atoms. The first kappa shape index (κ1) is 9.00. The third-order valence-corrected chi connectivity index (χ3v) is 3.33. The highest BCUT2D eigenvalue weighted by Crippen LogP contribution is 2.22. The van der Waals surface area contributed by atoms with Crippen LogP contribution in [0.1, 0.15) is 12.1 Å². The lowest BCUT2D eigenvalue weighted by Crippen LogP contribution is -1.80. The number of halogens is 1. The molecule has 1 aromatic rings. The van der Waals surface area contributed by atoms with Gasteiger partial charge in [0, 0.05) is 16.8 Å². The quantitative estimate of drug-likeness (QED) is 0.536. The van der Waals surface area contributed by atoms with Gasteiger partial charge < -0.3 is 0 Å². The summed E-state index contributed by atoms with van der Waals surface area (Å²) < 4.78 is 12.7. The van der Waals surface area contributed by atoms with Crippen molar-refractivity contribution in [1.29, 1.82) is 0 Å². The van der Waals surface area contributed by atoms with Crippen LogP contribution in [0, 0.1) is 6.92 Å². The van der Waals surface area contributed by atoms with E-state index in [9.17, 15) is 4.39 Å². The molecule has 11 heavy (non-hydrogen) atoms. The van der Waals surface area contributed by atoms with E-state index in [1.807, 2.05) is 12.3 Å². The summed E-state index contributed by atoms with van der Waals surface area (Å²) in [4.78, 5) is 4.24. The maximum Gasteiger partial charge on any atom is 0.150 e. The van der Waals surface area contributed by atoms with E-state index in [2.05, 4.69) is 4.98 Å². The Bertz CT molecular complexity index is 212. The van der Waals surface area contributed by atoms with Crippen LogP contribution in [0.5, 0.6) is 0 Å². The molecule has 1 rings (SSSR count). The minimum absolute atomic E-state index is 0.225. The van der Waals surface area contributed by atoms with Crippen molar-refractivity contribution in [2.24, 2.45) is 0 Å². The average molecular weight is 191 g/mol. The maximum absolute atomic E-state index is 11.7. The molecule has 0 N–H and O–H groups in total. The van der Waals surface area contributed by atoms with Crippen LogP contribution in [0.15, 0.2) is 9.72 Å². The lowest BCUT2D eigenvalue weighted by atomic mass is 10.6. The lowest BCUT2D eigenvalue weighted by molar-refractivity contribution is 0.489. The molecule has 4 heteroatoms. The average Bonchev–Trinajstić information content (AvgIpc) is 2.37. The standard InChI is InChI=1S/C7H10FNS2/c1-6-5-11-7(9-6)10-4-2-3-8/h5H,2-4H2,1H3. The molecule has 0 radical (unpaired) electrons. The Morgan fingerprint density at radius 2 is 2.55 bits per heavy atom. The van der Waals surface area contributed by atoms with Gasteiger partial charge in [-0.05, 0) is 13.3 Å². The highest BCUT2D eigenvalue weighted by molar-refractivity contribution is 8.00. The second kappa shape index (κ2) is 4.72. The first-order valence-corrected chi connectivity index (χ1v) is 5.30. The van der Waals surface area contributed by atoms with Crippen molar-refractivity contribution in [3.05, 3.63) is 11.1 Å². The van der Waals surface area contributed by atoms with Crippen LogP contribution in [-0.4, -0.2) is 17.4 Å². The molecule has 1 heterocycles. The van der Waals surface area contributed by atoms with Crippen LogP contribution in [0.2, 0.25) is 0 Å². The highest BCUT2D eigenvalue weighted by Gasteiger charge is 1.97. The Hall–Kier alpha value is -0.0900. The molecular formula is C7H10FNS2. The molecule has 62 valence electrons. The Morgan fingerprint density at radius 1 is 1.73 bits per heavy atom. The third kappa shape index (κ3) is 3.20. The fourth-order valence-electron chi connectivity index (χ4n) is 0.613. The molecule has 0 aromatic carbocycles. The summed E-state index contributed by atoms with van der Waals surface area (Å²) in [5.41, 5.74) is 1.05. The Labute approximate surface area is 74.0 Å². The van der Waals surface area contributed by atoms with Gasteiger partial charge in [0.1, 0.15) is 4.34 Å². The van der Waals surface area contributed by atoms with E-state index in [0.717, 1.165) is 15.8 Å². The molecule has 0 atom stereocenters. The first-order chi connectivity index (χ1) is 5.33. The van der Waals surface area contributed by atoms with Gasteiger partial charge in [0.25, 0.3) is 0 Å². The summed E-state index contributed by atoms with van der Waals surface area (Å²) in [6.45, 7) is 1.74. The number of thioether (sulfide) groups is 1. The molecule has 0 spiro atoms. The number of nitrogens with zero attached hydrogens (tertiary/aromatic N) is 1. The second-order valence-electron chi connectivity index (χ2n) is 2.15. The summed E-state index contributed by atoms with van der Waals surface area (Å²) in [7, 11) is 0. The van der Waals surface area contributed by atoms with Gasteiger partial charge in [-0.15, -0.1) is 11.3 Å². The van der Waals surface area contributed by atoms with Crippen LogP contribution < -0.4 is 0 Å². The number of hydrogen-bond donors (Lipinski definition) is 0. The summed E-state index contributed by atoms with van der Waals surface area (Å²) in [5, 5.41) is 2.01. The monoisotopic (exact) mass is 191 g/mol. The number of rotatable bonds is 4. The van der Waals surface area contributed by atoms with Crippen LogP contribution in [0.3, 0.4) is 0 Å². The van der Waals surface area contributed by atoms with E-state index in [4.69, 9.17) is 0 Å². The topological polar surface area (TPSA) is 12.9 Å². The molecule has 0 amide bonds. The number of hydrogen-bond acceptors (Lipinski definition) is 3. The number of thiazole rings is 1. The normalized spacial score (nSPS) is 10.4. The van der Waals surface area contributed by atoms with Gasteiger partial charge >= 0.3 is 0 Å². The smallest absolute Gasteiger partial charge is 0.150 e. The summed E-state index contributed by atoms with van der Waals surface area (Å²) in [6.07, 6.45) is 0.628. The fourth-order valence-corrected chi connectivity index (χ4v) is 2.44. The molecule has 1 aromatic heterocycles. The fraction of sp³-hybridized carbons (Fsp3) is 0.571. The zero-order chi connectivity index (χ0) is 8.10. The van der Waals surface area contributed by atoms with Crippen molar-refractivity contribution in [2.45, 2.75) is 17.7 Å². The zero-order valence-corrected chi connectivity index (χ0v) is 7.97. The summed E-state index contributed by atoms with van der Waals surface area (Å²) in [5.74, 6) is 0.837. The number of alkyl halides is 1. The maximum atomic E-state index is 11.7. The molecule has 0 aliphatic carbocycles. The minimum Gasteiger partial charge on any atom is -0.251 e. The first-order valence-electron chi connectivity index (χ1n) is 3.44. The minimum atomic E-state index is -0.225. The van der Waals surface area contributed by atoms with E-state index < -0.39 is 0 Å². The van der Waals surface area contributed by atoms with Crippen molar-refractivity contribution >= 4 is 23.1 Å². The molecule has 0 aliphatic rings. The number of aryl methyl sites for hydroxylation is 1. The second-order valence-corrected chi connectivity index (χ2v) is 4.35. The van der Waals surface area contributed by atoms with Gasteiger partial charge in [0.2, 0.25) is 0 Å². The molecule has 0 saturated heterocycles. The van der Waals surface area contributed by atoms with Crippen molar-refractivity contribution < 1.29 is 4.39 Å². The molecule has 0 aliphatic heterocycles. The largest absolute Gasteiger partial charge is 0.251 e. The zero-order valence-electron chi connectivity index (χ0n) is 6.34. The van der Waals surface area contributed by atoms with E-state index in [-0.39, 0.29) is 6.67 Å². The van der Waals surface area contributed by atoms with Gasteiger partial charge in [-0.3, -0.25) is 4.39 Å². The van der Waals surface area contributed by atoms with Gasteiger partial charge in [0.05, 0.1) is 6.67 Å². The van der Waals surface area contributed by atoms with Crippen LogP contribution >= 0.6 is 23.1 Å². The van der Waals surface area contributed by atoms with Gasteiger partial charge in [0.15, 0.2) is 0 Å². The molecule has 0 unspecified atom stereocenters. The van der Waals surface area contributed by atoms with Crippen molar-refractivity contribution in [3.8, 4) is 0 Å². The Morgan fingerprint density at radius 3 is 3.09 bits per heavy atom. The number of aromatic nitrogens is 1. The van der Waals surface area contributed by atoms with Gasteiger partial charge in [-0.2, -0.15) is 0 Å². The van der Waals surface area contributed by atoms with Gasteiger partial charge in [-0.25, -0.2) is 4.98 Å². The predicted octanol–water partition coefficient (Wildman–Crippen LogP) is 2.90. The third-order valence-electron chi connectivity index (χ3n) is 1.10. The summed E-state index contributed by atoms with van der Waals surface area (Å²) in [6, 6.07) is 0. The van der Waals surface area contributed by atoms with E-state index >= 15 is 0 Å². The van der Waals surface area contributed by atoms with E-state index in [1.165, 1.54) is 0 Å². The van der Waals surface area contributed by atoms with Crippen molar-refractivity contribution in [3.63, 3.8) is 0 Å². The van der Waals surface area contributed by atoms with E-state index in [0.29, 0.717) is 6.42 Å². The molecule has 0 saturated carbocycles. The van der Waals surface area contributed by atoms with Crippen molar-refractivity contribution in [2.75, 3.05) is 12.4 Å². The van der Waals surface area contributed by atoms with Crippen molar-refractivity contribution in [1.82, 2.24) is 4.98 Å². The van der Waals surface area contributed by atoms with Crippen LogP contribution in [-0.2, 0) is 0 Å². The highest BCUT2D eigenvalue weighted by atomic mass is 32.2. The van der Waals surface area contributed by atoms with Gasteiger partial charge in [-0.1, -0.05) is 11.8 Å². The summed E-state index contributed by atoms with van der Waals surface area (Å²) >= 11 is 3.26. The van der Waals surface area contributed by atoms with E-state index in [1.54, 1.807) is 23.1 Å². The Balaban J connectivity index is 2.27. The predicted molar refractivity (Wildman–Crippen MR) is 48.2 cm³/mol.